The molecule has 2 unspecified atom stereocenters. The summed E-state index contributed by atoms with van der Waals surface area (Å²) in [6, 6.07) is 1.16. The van der Waals surface area contributed by atoms with E-state index in [2.05, 4.69) is 5.32 Å². The lowest BCUT2D eigenvalue weighted by Crippen LogP contribution is -2.24. The maximum Gasteiger partial charge on any atom is 0.337 e. The fourth-order valence-electron chi connectivity index (χ4n) is 2.32. The number of aromatic carboxylic acids is 1. The highest BCUT2D eigenvalue weighted by Crippen LogP contribution is 2.27. The predicted octanol–water partition coefficient (Wildman–Crippen LogP) is 1.73. The standard InChI is InChI=1S/C13H14F2N2O3/c14-9-4-8(13(19)20)11(5-10(9)15)17-12(18)6-1-2-7(16)3-6/h4-7H,1-3,16H2,(H,17,18)(H,19,20). The third-order valence-corrected chi connectivity index (χ3v) is 3.39. The number of halogens is 2. The zero-order chi connectivity index (χ0) is 14.9. The van der Waals surface area contributed by atoms with Crippen molar-refractivity contribution >= 4 is 17.6 Å². The Labute approximate surface area is 113 Å². The summed E-state index contributed by atoms with van der Waals surface area (Å²) in [7, 11) is 0. The number of anilines is 1. The van der Waals surface area contributed by atoms with Crippen LogP contribution in [0.4, 0.5) is 14.5 Å². The van der Waals surface area contributed by atoms with Crippen LogP contribution in [0.1, 0.15) is 29.6 Å². The van der Waals surface area contributed by atoms with Gasteiger partial charge in [0.1, 0.15) is 0 Å². The van der Waals surface area contributed by atoms with Crippen molar-refractivity contribution in [3.63, 3.8) is 0 Å². The summed E-state index contributed by atoms with van der Waals surface area (Å²) in [5.74, 6) is -4.69. The van der Waals surface area contributed by atoms with Crippen LogP contribution in [-0.4, -0.2) is 23.0 Å². The van der Waals surface area contributed by atoms with Crippen LogP contribution in [0.3, 0.4) is 0 Å². The topological polar surface area (TPSA) is 92.4 Å². The Kier molecular flexibility index (Phi) is 3.99. The van der Waals surface area contributed by atoms with Crippen LogP contribution in [0.25, 0.3) is 0 Å². The number of carbonyl (C=O) groups excluding carboxylic acids is 1. The van der Waals surface area contributed by atoms with Crippen LogP contribution in [0.5, 0.6) is 0 Å². The van der Waals surface area contributed by atoms with Crippen molar-refractivity contribution in [3.8, 4) is 0 Å². The highest BCUT2D eigenvalue weighted by atomic mass is 19.2. The van der Waals surface area contributed by atoms with Crippen molar-refractivity contribution in [2.75, 3.05) is 5.32 Å². The number of hydrogen-bond donors (Lipinski definition) is 3. The van der Waals surface area contributed by atoms with Crippen molar-refractivity contribution in [1.29, 1.82) is 0 Å². The average Bonchev–Trinajstić information content (AvgIpc) is 2.80. The molecule has 1 aliphatic rings. The SMILES string of the molecule is NC1CCC(C(=O)Nc2cc(F)c(F)cc2C(=O)O)C1. The van der Waals surface area contributed by atoms with E-state index >= 15 is 0 Å². The number of carboxylic acid groups (broad SMARTS) is 1. The third-order valence-electron chi connectivity index (χ3n) is 3.39. The molecular formula is C13H14F2N2O3. The van der Waals surface area contributed by atoms with E-state index < -0.39 is 29.1 Å². The van der Waals surface area contributed by atoms with Gasteiger partial charge in [0, 0.05) is 18.0 Å². The zero-order valence-electron chi connectivity index (χ0n) is 10.5. The number of amides is 1. The number of carboxylic acids is 1. The van der Waals surface area contributed by atoms with Crippen molar-refractivity contribution < 1.29 is 23.5 Å². The van der Waals surface area contributed by atoms with Gasteiger partial charge in [-0.05, 0) is 25.3 Å². The van der Waals surface area contributed by atoms with Gasteiger partial charge in [-0.15, -0.1) is 0 Å². The summed E-state index contributed by atoms with van der Waals surface area (Å²) in [5, 5.41) is 11.3. The largest absolute Gasteiger partial charge is 0.478 e. The Morgan fingerprint density at radius 1 is 1.25 bits per heavy atom. The van der Waals surface area contributed by atoms with Crippen LogP contribution < -0.4 is 11.1 Å². The third kappa shape index (κ3) is 2.93. The van der Waals surface area contributed by atoms with Crippen LogP contribution in [-0.2, 0) is 4.79 Å². The first-order valence-corrected chi connectivity index (χ1v) is 6.17. The number of benzene rings is 1. The van der Waals surface area contributed by atoms with Gasteiger partial charge in [0.15, 0.2) is 11.6 Å². The van der Waals surface area contributed by atoms with E-state index in [9.17, 15) is 18.4 Å². The molecule has 1 fully saturated rings. The predicted molar refractivity (Wildman–Crippen MR) is 67.3 cm³/mol. The van der Waals surface area contributed by atoms with E-state index in [1.807, 2.05) is 0 Å². The number of rotatable bonds is 3. The van der Waals surface area contributed by atoms with Gasteiger partial charge >= 0.3 is 5.97 Å². The lowest BCUT2D eigenvalue weighted by Gasteiger charge is -2.13. The Morgan fingerprint density at radius 3 is 2.45 bits per heavy atom. The van der Waals surface area contributed by atoms with Crippen molar-refractivity contribution in [3.05, 3.63) is 29.3 Å². The quantitative estimate of drug-likeness (QED) is 0.788. The minimum absolute atomic E-state index is 0.0605. The lowest BCUT2D eigenvalue weighted by molar-refractivity contribution is -0.119. The van der Waals surface area contributed by atoms with E-state index in [0.717, 1.165) is 0 Å². The summed E-state index contributed by atoms with van der Waals surface area (Å²) in [4.78, 5) is 22.9. The summed E-state index contributed by atoms with van der Waals surface area (Å²) < 4.78 is 26.2. The average molecular weight is 284 g/mol. The second-order valence-corrected chi connectivity index (χ2v) is 4.88. The Morgan fingerprint density at radius 2 is 1.90 bits per heavy atom. The number of hydrogen-bond acceptors (Lipinski definition) is 3. The first kappa shape index (κ1) is 14.4. The summed E-state index contributed by atoms with van der Waals surface area (Å²) in [6.45, 7) is 0. The Bertz CT molecular complexity index is 563. The van der Waals surface area contributed by atoms with Gasteiger partial charge in [-0.1, -0.05) is 0 Å². The monoisotopic (exact) mass is 284 g/mol. The number of nitrogens with one attached hydrogen (secondary N) is 1. The molecule has 4 N–H and O–H groups in total. The first-order chi connectivity index (χ1) is 9.38. The number of nitrogens with two attached hydrogens (primary N) is 1. The summed E-state index contributed by atoms with van der Waals surface area (Å²) >= 11 is 0. The molecule has 1 amide bonds. The number of carbonyl (C=O) groups is 2. The maximum atomic E-state index is 13.2. The summed E-state index contributed by atoms with van der Waals surface area (Å²) in [5.41, 5.74) is 4.96. The molecule has 7 heteroatoms. The molecule has 2 rings (SSSR count). The van der Waals surface area contributed by atoms with Crippen molar-refractivity contribution in [2.24, 2.45) is 11.7 Å². The van der Waals surface area contributed by atoms with Gasteiger partial charge in [-0.2, -0.15) is 0 Å². The van der Waals surface area contributed by atoms with Crippen LogP contribution >= 0.6 is 0 Å². The molecular weight excluding hydrogens is 270 g/mol. The van der Waals surface area contributed by atoms with E-state index in [-0.39, 0.29) is 17.6 Å². The second kappa shape index (κ2) is 5.54. The molecule has 20 heavy (non-hydrogen) atoms. The minimum atomic E-state index is -1.44. The lowest BCUT2D eigenvalue weighted by atomic mass is 10.1. The highest BCUT2D eigenvalue weighted by Gasteiger charge is 2.28. The molecule has 0 heterocycles. The van der Waals surface area contributed by atoms with Gasteiger partial charge < -0.3 is 16.2 Å². The van der Waals surface area contributed by atoms with Crippen molar-refractivity contribution in [2.45, 2.75) is 25.3 Å². The van der Waals surface area contributed by atoms with Gasteiger partial charge in [0.05, 0.1) is 11.3 Å². The molecule has 5 nitrogen and oxygen atoms in total. The fraction of sp³-hybridized carbons (Fsp3) is 0.385. The molecule has 0 aliphatic heterocycles. The molecule has 0 aromatic heterocycles. The molecule has 0 bridgehead atoms. The van der Waals surface area contributed by atoms with Crippen LogP contribution in [0, 0.1) is 17.6 Å². The van der Waals surface area contributed by atoms with Gasteiger partial charge in [0.25, 0.3) is 0 Å². The van der Waals surface area contributed by atoms with Gasteiger partial charge in [-0.25, -0.2) is 13.6 Å². The molecule has 1 aromatic carbocycles. The molecule has 0 radical (unpaired) electrons. The molecule has 2 atom stereocenters. The van der Waals surface area contributed by atoms with Gasteiger partial charge in [-0.3, -0.25) is 4.79 Å². The summed E-state index contributed by atoms with van der Waals surface area (Å²) in [6.07, 6.45) is 1.80. The van der Waals surface area contributed by atoms with Gasteiger partial charge in [0.2, 0.25) is 5.91 Å². The molecule has 1 aliphatic carbocycles. The van der Waals surface area contributed by atoms with E-state index in [0.29, 0.717) is 31.4 Å². The van der Waals surface area contributed by atoms with Crippen LogP contribution in [0.2, 0.25) is 0 Å². The Hall–Kier alpha value is -2.02. The highest BCUT2D eigenvalue weighted by molar-refractivity contribution is 6.01. The zero-order valence-corrected chi connectivity index (χ0v) is 10.5. The molecule has 108 valence electrons. The second-order valence-electron chi connectivity index (χ2n) is 4.88. The van der Waals surface area contributed by atoms with E-state index in [4.69, 9.17) is 10.8 Å². The molecule has 0 saturated heterocycles. The fourth-order valence-corrected chi connectivity index (χ4v) is 2.32. The first-order valence-electron chi connectivity index (χ1n) is 6.17. The molecule has 1 saturated carbocycles. The smallest absolute Gasteiger partial charge is 0.337 e. The van der Waals surface area contributed by atoms with Crippen LogP contribution in [0.15, 0.2) is 12.1 Å². The minimum Gasteiger partial charge on any atom is -0.478 e. The van der Waals surface area contributed by atoms with E-state index in [1.165, 1.54) is 0 Å². The molecule has 1 aromatic rings. The van der Waals surface area contributed by atoms with Crippen molar-refractivity contribution in [1.82, 2.24) is 0 Å². The Balaban J connectivity index is 2.22. The normalized spacial score (nSPS) is 21.8. The maximum absolute atomic E-state index is 13.2. The molecule has 0 spiro atoms. The van der Waals surface area contributed by atoms with E-state index in [1.54, 1.807) is 0 Å².